The van der Waals surface area contributed by atoms with Gasteiger partial charge in [-0.3, -0.25) is 9.78 Å². The maximum atomic E-state index is 10.4. The van der Waals surface area contributed by atoms with E-state index in [4.69, 9.17) is 10.4 Å². The summed E-state index contributed by atoms with van der Waals surface area (Å²) in [5, 5.41) is 20.6. The van der Waals surface area contributed by atoms with Gasteiger partial charge in [-0.25, -0.2) is 0 Å². The van der Waals surface area contributed by atoms with Gasteiger partial charge in [0.1, 0.15) is 6.07 Å². The van der Waals surface area contributed by atoms with Crippen molar-refractivity contribution in [3.05, 3.63) is 23.0 Å². The summed E-state index contributed by atoms with van der Waals surface area (Å²) in [5.41, 5.74) is 2.77. The first-order valence-corrected chi connectivity index (χ1v) is 5.38. The molecule has 0 spiro atoms. The number of pyridine rings is 1. The normalized spacial score (nSPS) is 9.71. The standard InChI is InChI=1S/C12H15N3O2/c1-8-6-11(10(7-13)9(2)15-8)14-5-3-4-12(16)17/h6H,3-5H2,1-2H3,(H,14,15)(H,16,17). The van der Waals surface area contributed by atoms with Crippen LogP contribution in [0, 0.1) is 25.2 Å². The lowest BCUT2D eigenvalue weighted by Crippen LogP contribution is -2.07. The SMILES string of the molecule is Cc1cc(NCCCC(=O)O)c(C#N)c(C)n1. The zero-order valence-corrected chi connectivity index (χ0v) is 9.95. The molecule has 1 heterocycles. The molecule has 1 aromatic heterocycles. The van der Waals surface area contributed by atoms with Crippen molar-refractivity contribution < 1.29 is 9.90 Å². The van der Waals surface area contributed by atoms with Crippen molar-refractivity contribution in [3.8, 4) is 6.07 Å². The van der Waals surface area contributed by atoms with E-state index in [1.807, 2.05) is 6.92 Å². The number of anilines is 1. The van der Waals surface area contributed by atoms with Gasteiger partial charge in [-0.1, -0.05) is 0 Å². The molecule has 2 N–H and O–H groups in total. The third-order valence-corrected chi connectivity index (χ3v) is 2.32. The van der Waals surface area contributed by atoms with Crippen LogP contribution in [0.5, 0.6) is 0 Å². The number of rotatable bonds is 5. The first-order valence-electron chi connectivity index (χ1n) is 5.38. The van der Waals surface area contributed by atoms with Crippen molar-refractivity contribution >= 4 is 11.7 Å². The van der Waals surface area contributed by atoms with E-state index in [1.165, 1.54) is 0 Å². The molecule has 0 saturated heterocycles. The van der Waals surface area contributed by atoms with E-state index in [2.05, 4.69) is 16.4 Å². The van der Waals surface area contributed by atoms with Gasteiger partial charge >= 0.3 is 5.97 Å². The summed E-state index contributed by atoms with van der Waals surface area (Å²) in [6, 6.07) is 3.90. The number of nitrogens with one attached hydrogen (secondary N) is 1. The highest BCUT2D eigenvalue weighted by atomic mass is 16.4. The molecule has 1 aromatic rings. The van der Waals surface area contributed by atoms with Crippen molar-refractivity contribution in [2.45, 2.75) is 26.7 Å². The fourth-order valence-corrected chi connectivity index (χ4v) is 1.57. The fraction of sp³-hybridized carbons (Fsp3) is 0.417. The van der Waals surface area contributed by atoms with Crippen molar-refractivity contribution in [2.24, 2.45) is 0 Å². The molecule has 1 rings (SSSR count). The van der Waals surface area contributed by atoms with Crippen molar-refractivity contribution in [1.82, 2.24) is 4.98 Å². The van der Waals surface area contributed by atoms with E-state index in [1.54, 1.807) is 13.0 Å². The molecule has 0 amide bonds. The highest BCUT2D eigenvalue weighted by molar-refractivity contribution is 5.66. The zero-order chi connectivity index (χ0) is 12.8. The number of carboxylic acids is 1. The Kier molecular flexibility index (Phi) is 4.46. The lowest BCUT2D eigenvalue weighted by molar-refractivity contribution is -0.137. The average molecular weight is 233 g/mol. The lowest BCUT2D eigenvalue weighted by Gasteiger charge is -2.10. The molecule has 5 nitrogen and oxygen atoms in total. The molecule has 0 aliphatic rings. The van der Waals surface area contributed by atoms with Crippen LogP contribution in [0.2, 0.25) is 0 Å². The Balaban J connectivity index is 2.70. The fourth-order valence-electron chi connectivity index (χ4n) is 1.57. The van der Waals surface area contributed by atoms with Gasteiger partial charge in [-0.15, -0.1) is 0 Å². The maximum Gasteiger partial charge on any atom is 0.303 e. The second kappa shape index (κ2) is 5.85. The minimum Gasteiger partial charge on any atom is -0.481 e. The molecule has 0 aliphatic carbocycles. The predicted molar refractivity (Wildman–Crippen MR) is 63.8 cm³/mol. The van der Waals surface area contributed by atoms with Crippen molar-refractivity contribution in [2.75, 3.05) is 11.9 Å². The van der Waals surface area contributed by atoms with Gasteiger partial charge in [0.25, 0.3) is 0 Å². The largest absolute Gasteiger partial charge is 0.481 e. The number of aliphatic carboxylic acids is 1. The van der Waals surface area contributed by atoms with Gasteiger partial charge in [0.2, 0.25) is 0 Å². The molecule has 17 heavy (non-hydrogen) atoms. The van der Waals surface area contributed by atoms with Crippen LogP contribution >= 0.6 is 0 Å². The molecule has 0 atom stereocenters. The lowest BCUT2D eigenvalue weighted by atomic mass is 10.1. The first kappa shape index (κ1) is 13.0. The quantitative estimate of drug-likeness (QED) is 0.758. The Morgan fingerprint density at radius 2 is 2.29 bits per heavy atom. The van der Waals surface area contributed by atoms with Crippen LogP contribution in [0.4, 0.5) is 5.69 Å². The Labute approximate surface area is 100 Å². The van der Waals surface area contributed by atoms with Crippen molar-refractivity contribution in [3.63, 3.8) is 0 Å². The van der Waals surface area contributed by atoms with Crippen LogP contribution in [-0.4, -0.2) is 22.6 Å². The van der Waals surface area contributed by atoms with E-state index >= 15 is 0 Å². The molecule has 0 fully saturated rings. The van der Waals surface area contributed by atoms with Gasteiger partial charge < -0.3 is 10.4 Å². The number of hydrogen-bond acceptors (Lipinski definition) is 4. The summed E-state index contributed by atoms with van der Waals surface area (Å²) >= 11 is 0. The summed E-state index contributed by atoms with van der Waals surface area (Å²) in [5.74, 6) is -0.811. The number of aryl methyl sites for hydroxylation is 2. The zero-order valence-electron chi connectivity index (χ0n) is 9.95. The summed E-state index contributed by atoms with van der Waals surface area (Å²) in [7, 11) is 0. The molecule has 90 valence electrons. The summed E-state index contributed by atoms with van der Waals surface area (Å²) < 4.78 is 0. The minimum atomic E-state index is -0.811. The average Bonchev–Trinajstić information content (AvgIpc) is 2.23. The highest BCUT2D eigenvalue weighted by Gasteiger charge is 2.07. The summed E-state index contributed by atoms with van der Waals surface area (Å²) in [6.45, 7) is 4.18. The molecule has 0 saturated carbocycles. The van der Waals surface area contributed by atoms with Crippen LogP contribution in [0.1, 0.15) is 29.8 Å². The molecular formula is C12H15N3O2. The summed E-state index contributed by atoms with van der Waals surface area (Å²) in [4.78, 5) is 14.6. The molecule has 0 aromatic carbocycles. The number of nitrogens with zero attached hydrogens (tertiary/aromatic N) is 2. The molecule has 0 radical (unpaired) electrons. The summed E-state index contributed by atoms with van der Waals surface area (Å²) in [6.07, 6.45) is 0.651. The third-order valence-electron chi connectivity index (χ3n) is 2.32. The third kappa shape index (κ3) is 3.76. The number of aromatic nitrogens is 1. The van der Waals surface area contributed by atoms with Crippen LogP contribution in [0.25, 0.3) is 0 Å². The Bertz CT molecular complexity index is 464. The molecular weight excluding hydrogens is 218 g/mol. The van der Waals surface area contributed by atoms with E-state index in [0.29, 0.717) is 24.2 Å². The van der Waals surface area contributed by atoms with Crippen molar-refractivity contribution in [1.29, 1.82) is 5.26 Å². The topological polar surface area (TPSA) is 86.0 Å². The van der Waals surface area contributed by atoms with Crippen LogP contribution < -0.4 is 5.32 Å². The molecule has 0 unspecified atom stereocenters. The van der Waals surface area contributed by atoms with Gasteiger partial charge in [-0.2, -0.15) is 5.26 Å². The Morgan fingerprint density at radius 3 is 2.88 bits per heavy atom. The Morgan fingerprint density at radius 1 is 1.59 bits per heavy atom. The van der Waals surface area contributed by atoms with Gasteiger partial charge in [0.15, 0.2) is 0 Å². The van der Waals surface area contributed by atoms with Gasteiger partial charge in [-0.05, 0) is 26.3 Å². The number of hydrogen-bond donors (Lipinski definition) is 2. The highest BCUT2D eigenvalue weighted by Crippen LogP contribution is 2.18. The van der Waals surface area contributed by atoms with Crippen LogP contribution in [0.15, 0.2) is 6.07 Å². The van der Waals surface area contributed by atoms with E-state index in [-0.39, 0.29) is 6.42 Å². The number of nitriles is 1. The molecule has 5 heteroatoms. The molecule has 0 bridgehead atoms. The van der Waals surface area contributed by atoms with E-state index < -0.39 is 5.97 Å². The van der Waals surface area contributed by atoms with Gasteiger partial charge in [0.05, 0.1) is 16.9 Å². The first-order chi connectivity index (χ1) is 8.04. The second-order valence-corrected chi connectivity index (χ2v) is 3.81. The van der Waals surface area contributed by atoms with E-state index in [9.17, 15) is 4.79 Å². The minimum absolute atomic E-state index is 0.123. The second-order valence-electron chi connectivity index (χ2n) is 3.81. The van der Waals surface area contributed by atoms with Crippen LogP contribution in [-0.2, 0) is 4.79 Å². The monoisotopic (exact) mass is 233 g/mol. The van der Waals surface area contributed by atoms with E-state index in [0.717, 1.165) is 11.4 Å². The van der Waals surface area contributed by atoms with Crippen LogP contribution in [0.3, 0.4) is 0 Å². The number of carboxylic acid groups (broad SMARTS) is 1. The molecule has 0 aliphatic heterocycles. The smallest absolute Gasteiger partial charge is 0.303 e. The van der Waals surface area contributed by atoms with Gasteiger partial charge in [0, 0.05) is 18.7 Å². The maximum absolute atomic E-state index is 10.4. The Hall–Kier alpha value is -2.09. The predicted octanol–water partition coefficient (Wildman–Crippen LogP) is 1.85. The number of carbonyl (C=O) groups is 1.